The Hall–Kier alpha value is -6.35. The quantitative estimate of drug-likeness (QED) is 0.0532. The number of likely N-dealkylation sites (tertiary alicyclic amines) is 2. The van der Waals surface area contributed by atoms with Crippen molar-refractivity contribution in [2.75, 3.05) is 32.7 Å². The second-order valence-corrected chi connectivity index (χ2v) is 22.8. The van der Waals surface area contributed by atoms with Crippen LogP contribution in [0.4, 0.5) is 13.2 Å². The van der Waals surface area contributed by atoms with Gasteiger partial charge in [0.25, 0.3) is 5.91 Å². The van der Waals surface area contributed by atoms with E-state index in [0.717, 1.165) is 96.1 Å². The Kier molecular flexibility index (Phi) is 17.9. The zero-order chi connectivity index (χ0) is 54.2. The number of aryl methyl sites for hydroxylation is 1. The topological polar surface area (TPSA) is 196 Å². The number of amides is 4. The highest BCUT2D eigenvalue weighted by atomic mass is 32.1. The van der Waals surface area contributed by atoms with Gasteiger partial charge in [0.2, 0.25) is 23.5 Å². The number of aromatic nitrogens is 4. The number of benzene rings is 3. The maximum atomic E-state index is 14.2. The number of thiazole rings is 2. The highest BCUT2D eigenvalue weighted by Gasteiger charge is 2.45. The Labute approximate surface area is 449 Å². The zero-order valence-corrected chi connectivity index (χ0v) is 45.1. The van der Waals surface area contributed by atoms with Crippen molar-refractivity contribution in [1.82, 2.24) is 45.9 Å². The number of carbonyl (C=O) groups is 4. The number of nitrogens with zero attached hydrogens (tertiary/aromatic N) is 6. The van der Waals surface area contributed by atoms with Gasteiger partial charge in [-0.05, 0) is 87.8 Å². The van der Waals surface area contributed by atoms with Gasteiger partial charge in [-0.25, -0.2) is 9.97 Å². The number of hydrogen-bond acceptors (Lipinski definition) is 13. The molecule has 3 aromatic heterocycles. The third-order valence-electron chi connectivity index (χ3n) is 14.4. The van der Waals surface area contributed by atoms with Gasteiger partial charge in [-0.3, -0.25) is 19.2 Å². The minimum atomic E-state index is -4.79. The van der Waals surface area contributed by atoms with Gasteiger partial charge in [-0.2, -0.15) is 18.2 Å². The summed E-state index contributed by atoms with van der Waals surface area (Å²) in [5, 5.41) is 26.3. The molecule has 3 aromatic carbocycles. The van der Waals surface area contributed by atoms with Gasteiger partial charge in [-0.15, -0.1) is 22.7 Å². The number of carbonyl (C=O) groups excluding carboxylic acids is 4. The second-order valence-electron chi connectivity index (χ2n) is 21.1. The van der Waals surface area contributed by atoms with Crippen molar-refractivity contribution in [2.24, 2.45) is 5.41 Å². The monoisotopic (exact) mass is 1080 g/mol. The molecule has 5 heterocycles. The number of rotatable bonds is 20. The fraction of sp³-hybridized carbons (Fsp3) is 0.464. The van der Waals surface area contributed by atoms with E-state index in [-0.39, 0.29) is 60.1 Å². The molecule has 2 aliphatic rings. The van der Waals surface area contributed by atoms with Crippen molar-refractivity contribution in [1.29, 1.82) is 0 Å². The zero-order valence-electron chi connectivity index (χ0n) is 43.5. The number of aliphatic hydroxyl groups is 1. The Morgan fingerprint density at radius 3 is 2.26 bits per heavy atom. The Bertz CT molecular complexity index is 2930. The molecule has 8 rings (SSSR count). The SMILES string of the molecule is Cc1ncsc1-c1ccc([C@H](C)NC(=O)[C@@H]2C[C@@H](O)CN2C(=O)[C@@H](NC(=O)CCCCCCCN2CCC(CNC(=O)c3cccc(-c4noc(C(F)(F)F)n4)c3)(c3nc(-c4ccccc4)cs3)CC2)C(C)(C)C)cc1. The number of alkyl halides is 3. The smallest absolute Gasteiger partial charge is 0.391 e. The van der Waals surface area contributed by atoms with Crippen molar-refractivity contribution in [3.05, 3.63) is 117 Å². The van der Waals surface area contributed by atoms with Gasteiger partial charge in [0, 0.05) is 53.4 Å². The predicted molar refractivity (Wildman–Crippen MR) is 286 cm³/mol. The van der Waals surface area contributed by atoms with E-state index in [1.54, 1.807) is 34.8 Å². The summed E-state index contributed by atoms with van der Waals surface area (Å²) in [6.07, 6.45) is 0.592. The maximum absolute atomic E-state index is 14.2. The molecule has 0 saturated carbocycles. The summed E-state index contributed by atoms with van der Waals surface area (Å²) in [4.78, 5) is 72.9. The molecule has 404 valence electrons. The number of aliphatic hydroxyl groups excluding tert-OH is 1. The van der Waals surface area contributed by atoms with Gasteiger partial charge >= 0.3 is 12.1 Å². The molecule has 4 N–H and O–H groups in total. The lowest BCUT2D eigenvalue weighted by Crippen LogP contribution is -2.57. The molecule has 0 unspecified atom stereocenters. The van der Waals surface area contributed by atoms with Crippen LogP contribution in [-0.4, -0.2) is 110 Å². The molecule has 0 bridgehead atoms. The highest BCUT2D eigenvalue weighted by molar-refractivity contribution is 7.13. The number of piperidine rings is 1. The summed E-state index contributed by atoms with van der Waals surface area (Å²) < 4.78 is 43.8. The molecule has 0 spiro atoms. The minimum Gasteiger partial charge on any atom is -0.391 e. The van der Waals surface area contributed by atoms with Crippen LogP contribution in [0.25, 0.3) is 33.1 Å². The highest BCUT2D eigenvalue weighted by Crippen LogP contribution is 2.39. The average molecular weight is 1080 g/mol. The second kappa shape index (κ2) is 24.3. The first kappa shape index (κ1) is 55.9. The Morgan fingerprint density at radius 2 is 1.58 bits per heavy atom. The normalized spacial score (nSPS) is 17.8. The summed E-state index contributed by atoms with van der Waals surface area (Å²) in [6.45, 7) is 12.3. The van der Waals surface area contributed by atoms with E-state index in [2.05, 4.69) is 40.5 Å². The number of unbranched alkanes of at least 4 members (excludes halogenated alkanes) is 4. The van der Waals surface area contributed by atoms with Gasteiger partial charge in [0.15, 0.2) is 0 Å². The minimum absolute atomic E-state index is 0.00108. The van der Waals surface area contributed by atoms with Crippen molar-refractivity contribution < 1.29 is 42.0 Å². The molecule has 2 saturated heterocycles. The fourth-order valence-corrected chi connectivity index (χ4v) is 11.8. The van der Waals surface area contributed by atoms with Crippen molar-refractivity contribution >= 4 is 46.3 Å². The van der Waals surface area contributed by atoms with E-state index in [0.29, 0.717) is 13.0 Å². The molecule has 4 atom stereocenters. The van der Waals surface area contributed by atoms with E-state index >= 15 is 0 Å². The van der Waals surface area contributed by atoms with E-state index in [1.807, 2.05) is 100 Å². The molecule has 76 heavy (non-hydrogen) atoms. The van der Waals surface area contributed by atoms with E-state index in [9.17, 15) is 37.5 Å². The lowest BCUT2D eigenvalue weighted by molar-refractivity contribution is -0.159. The first-order chi connectivity index (χ1) is 36.3. The van der Waals surface area contributed by atoms with Crippen LogP contribution >= 0.6 is 22.7 Å². The summed E-state index contributed by atoms with van der Waals surface area (Å²) in [5.41, 5.74) is 5.95. The molecule has 20 heteroatoms. The lowest BCUT2D eigenvalue weighted by atomic mass is 9.78. The summed E-state index contributed by atoms with van der Waals surface area (Å²) in [7, 11) is 0. The molecule has 0 aliphatic carbocycles. The van der Waals surface area contributed by atoms with Crippen LogP contribution in [0.3, 0.4) is 0 Å². The van der Waals surface area contributed by atoms with E-state index < -0.39 is 47.0 Å². The van der Waals surface area contributed by atoms with Crippen LogP contribution in [-0.2, 0) is 26.0 Å². The molecule has 2 aliphatic heterocycles. The van der Waals surface area contributed by atoms with Crippen molar-refractivity contribution in [3.63, 3.8) is 0 Å². The molecule has 4 amide bonds. The lowest BCUT2D eigenvalue weighted by Gasteiger charge is -2.40. The number of β-amino-alcohol motifs (C(OH)–C–C–N with tert-alkyl or cyclic N) is 1. The van der Waals surface area contributed by atoms with Gasteiger partial charge < -0.3 is 35.4 Å². The predicted octanol–water partition coefficient (Wildman–Crippen LogP) is 9.79. The molecule has 15 nitrogen and oxygen atoms in total. The first-order valence-corrected chi connectivity index (χ1v) is 27.7. The average Bonchev–Trinajstić information content (AvgIpc) is 4.26. The first-order valence-electron chi connectivity index (χ1n) is 25.9. The molecule has 6 aromatic rings. The van der Waals surface area contributed by atoms with Gasteiger partial charge in [0.05, 0.1) is 33.9 Å². The Morgan fingerprint density at radius 1 is 0.868 bits per heavy atom. The molecular formula is C56H66F3N9O6S2. The van der Waals surface area contributed by atoms with Gasteiger partial charge in [-0.1, -0.05) is 112 Å². The van der Waals surface area contributed by atoms with Gasteiger partial charge in [0.1, 0.15) is 17.1 Å². The fourth-order valence-electron chi connectivity index (χ4n) is 9.94. The van der Waals surface area contributed by atoms with Crippen molar-refractivity contribution in [3.8, 4) is 33.1 Å². The van der Waals surface area contributed by atoms with Crippen LogP contribution in [0.15, 0.2) is 94.3 Å². The van der Waals surface area contributed by atoms with E-state index in [4.69, 9.17) is 4.98 Å². The summed E-state index contributed by atoms with van der Waals surface area (Å²) in [5.74, 6) is -3.09. The molecule has 0 radical (unpaired) electrons. The van der Waals surface area contributed by atoms with Crippen LogP contribution in [0.1, 0.15) is 124 Å². The maximum Gasteiger partial charge on any atom is 0.471 e. The number of nitrogens with one attached hydrogen (secondary N) is 3. The van der Waals surface area contributed by atoms with Crippen LogP contribution in [0, 0.1) is 12.3 Å². The van der Waals surface area contributed by atoms with E-state index in [1.165, 1.54) is 17.0 Å². The number of hydrogen-bond donors (Lipinski definition) is 4. The third kappa shape index (κ3) is 13.8. The van der Waals surface area contributed by atoms with Crippen LogP contribution in [0.5, 0.6) is 0 Å². The summed E-state index contributed by atoms with van der Waals surface area (Å²) >= 11 is 3.15. The summed E-state index contributed by atoms with van der Waals surface area (Å²) in [6, 6.07) is 21.9. The Balaban J connectivity index is 0.789. The number of halogens is 3. The largest absolute Gasteiger partial charge is 0.471 e. The van der Waals surface area contributed by atoms with Crippen LogP contribution < -0.4 is 16.0 Å². The standard InChI is InChI=1S/C56H66F3N9O6S2/c1-35(37-20-22-39(23-21-37)46-36(2)61-34-76-46)62-50(72)44-30-42(69)31-68(44)51(73)47(54(3,4)5)64-45(70)19-12-7-6-8-13-26-67-27-24-55(25-28-67,53-63-43(32-75-53)38-15-10-9-11-16-38)33-60-49(71)41-18-14-17-40(29-41)48-65-52(74-66-48)56(57,58)59/h9-11,14-18,20-23,29,32,34-35,42,44,47,69H,6-8,12-13,19,24-28,30-31,33H2,1-5H3,(H,60,71)(H,62,72)(H,64,70)/t35-,42+,44-,47+/m0/s1. The third-order valence-corrected chi connectivity index (χ3v) is 16.5. The van der Waals surface area contributed by atoms with Crippen molar-refractivity contribution in [2.45, 2.75) is 128 Å². The molecule has 2 fully saturated rings. The van der Waals surface area contributed by atoms with Crippen LogP contribution in [0.2, 0.25) is 0 Å². The molecular weight excluding hydrogens is 1020 g/mol.